The molecule has 7 heteroatoms. The van der Waals surface area contributed by atoms with Crippen LogP contribution in [0.2, 0.25) is 0 Å². The first-order valence-electron chi connectivity index (χ1n) is 9.08. The lowest BCUT2D eigenvalue weighted by atomic mass is 9.95. The zero-order valence-corrected chi connectivity index (χ0v) is 15.3. The topological polar surface area (TPSA) is 83.2 Å². The number of guanidine groups is 1. The molecule has 7 nitrogen and oxygen atoms in total. The van der Waals surface area contributed by atoms with E-state index in [-0.39, 0.29) is 5.91 Å². The minimum atomic E-state index is -0.209. The van der Waals surface area contributed by atoms with Crippen molar-refractivity contribution in [1.29, 1.82) is 0 Å². The number of ether oxygens (including phenoxy) is 1. The summed E-state index contributed by atoms with van der Waals surface area (Å²) in [5, 5.41) is 3.51. The van der Waals surface area contributed by atoms with Crippen molar-refractivity contribution < 1.29 is 9.53 Å². The van der Waals surface area contributed by atoms with Gasteiger partial charge in [0.25, 0.3) is 0 Å². The second-order valence-electron chi connectivity index (χ2n) is 7.06. The first kappa shape index (κ1) is 19.0. The van der Waals surface area contributed by atoms with Crippen molar-refractivity contribution in [1.82, 2.24) is 15.1 Å². The SMILES string of the molecule is CN=C(NCC(C)N1CCOCC1C)N1CCCC(CC(N)=O)C1. The van der Waals surface area contributed by atoms with Crippen molar-refractivity contribution in [2.24, 2.45) is 16.6 Å². The number of aliphatic imine (C=N–C) groups is 1. The fourth-order valence-corrected chi connectivity index (χ4v) is 3.79. The molecule has 2 rings (SSSR count). The van der Waals surface area contributed by atoms with E-state index < -0.39 is 0 Å². The van der Waals surface area contributed by atoms with Gasteiger partial charge >= 0.3 is 0 Å². The maximum absolute atomic E-state index is 11.2. The van der Waals surface area contributed by atoms with Gasteiger partial charge in [0, 0.05) is 51.7 Å². The van der Waals surface area contributed by atoms with Crippen LogP contribution in [-0.4, -0.2) is 80.2 Å². The van der Waals surface area contributed by atoms with Gasteiger partial charge in [-0.1, -0.05) is 0 Å². The lowest BCUT2D eigenvalue weighted by Crippen LogP contribution is -2.54. The van der Waals surface area contributed by atoms with Gasteiger partial charge in [-0.3, -0.25) is 14.7 Å². The number of rotatable bonds is 5. The van der Waals surface area contributed by atoms with Crippen LogP contribution in [0, 0.1) is 5.92 Å². The second-order valence-corrected chi connectivity index (χ2v) is 7.06. The molecule has 3 unspecified atom stereocenters. The van der Waals surface area contributed by atoms with Gasteiger partial charge in [-0.2, -0.15) is 0 Å². The number of nitrogens with zero attached hydrogens (tertiary/aromatic N) is 3. The van der Waals surface area contributed by atoms with E-state index in [9.17, 15) is 4.79 Å². The maximum atomic E-state index is 11.2. The van der Waals surface area contributed by atoms with Crippen LogP contribution >= 0.6 is 0 Å². The molecule has 2 aliphatic rings. The predicted molar refractivity (Wildman–Crippen MR) is 95.9 cm³/mol. The van der Waals surface area contributed by atoms with Gasteiger partial charge in [0.2, 0.25) is 5.91 Å². The molecular weight excluding hydrogens is 306 g/mol. The van der Waals surface area contributed by atoms with Gasteiger partial charge in [-0.05, 0) is 32.6 Å². The van der Waals surface area contributed by atoms with Crippen LogP contribution in [0.4, 0.5) is 0 Å². The van der Waals surface area contributed by atoms with E-state index in [1.54, 1.807) is 0 Å². The first-order valence-corrected chi connectivity index (χ1v) is 9.08. The average Bonchev–Trinajstić information content (AvgIpc) is 2.55. The Bertz CT molecular complexity index is 443. The number of nitrogens with one attached hydrogen (secondary N) is 1. The quantitative estimate of drug-likeness (QED) is 0.554. The van der Waals surface area contributed by atoms with Crippen LogP contribution < -0.4 is 11.1 Å². The molecule has 3 atom stereocenters. The molecule has 2 fully saturated rings. The Morgan fingerprint density at radius 2 is 2.25 bits per heavy atom. The number of likely N-dealkylation sites (tertiary alicyclic amines) is 1. The molecule has 0 aromatic rings. The summed E-state index contributed by atoms with van der Waals surface area (Å²) in [5.74, 6) is 1.06. The summed E-state index contributed by atoms with van der Waals surface area (Å²) in [5.41, 5.74) is 5.35. The van der Waals surface area contributed by atoms with Gasteiger partial charge in [0.1, 0.15) is 0 Å². The van der Waals surface area contributed by atoms with Crippen LogP contribution in [0.25, 0.3) is 0 Å². The Morgan fingerprint density at radius 3 is 2.92 bits per heavy atom. The fourth-order valence-electron chi connectivity index (χ4n) is 3.79. The number of piperidine rings is 1. The molecule has 2 aliphatic heterocycles. The molecular formula is C17H33N5O2. The van der Waals surface area contributed by atoms with Gasteiger partial charge in [-0.15, -0.1) is 0 Å². The monoisotopic (exact) mass is 339 g/mol. The largest absolute Gasteiger partial charge is 0.379 e. The molecule has 0 bridgehead atoms. The number of morpholine rings is 1. The molecule has 0 saturated carbocycles. The van der Waals surface area contributed by atoms with Gasteiger partial charge in [0.15, 0.2) is 5.96 Å². The molecule has 1 amide bonds. The van der Waals surface area contributed by atoms with E-state index >= 15 is 0 Å². The Morgan fingerprint density at radius 1 is 1.46 bits per heavy atom. The standard InChI is InChI=1S/C17H33N5O2/c1-13(22-7-8-24-12-14(22)2)10-20-17(19-3)21-6-4-5-15(11-21)9-16(18)23/h13-15H,4-12H2,1-3H3,(H2,18,23)(H,19,20). The Labute approximate surface area is 145 Å². The highest BCUT2D eigenvalue weighted by Crippen LogP contribution is 2.19. The van der Waals surface area contributed by atoms with Crippen LogP contribution in [0.1, 0.15) is 33.1 Å². The van der Waals surface area contributed by atoms with E-state index in [1.165, 1.54) is 0 Å². The Kier molecular flexibility index (Phi) is 7.30. The zero-order valence-electron chi connectivity index (χ0n) is 15.3. The third kappa shape index (κ3) is 5.34. The molecule has 2 heterocycles. The van der Waals surface area contributed by atoms with Crippen molar-refractivity contribution in [2.45, 2.75) is 45.2 Å². The molecule has 0 aromatic heterocycles. The van der Waals surface area contributed by atoms with Gasteiger partial charge in [-0.25, -0.2) is 0 Å². The molecule has 0 radical (unpaired) electrons. The van der Waals surface area contributed by atoms with Crippen LogP contribution in [0.3, 0.4) is 0 Å². The van der Waals surface area contributed by atoms with Crippen molar-refractivity contribution in [3.8, 4) is 0 Å². The number of hydrogen-bond acceptors (Lipinski definition) is 4. The highest BCUT2D eigenvalue weighted by atomic mass is 16.5. The molecule has 0 spiro atoms. The molecule has 0 aliphatic carbocycles. The normalized spacial score (nSPS) is 27.8. The lowest BCUT2D eigenvalue weighted by Gasteiger charge is -2.39. The van der Waals surface area contributed by atoms with E-state index in [0.717, 1.165) is 58.2 Å². The highest BCUT2D eigenvalue weighted by molar-refractivity contribution is 5.80. The summed E-state index contributed by atoms with van der Waals surface area (Å²) in [6.45, 7) is 9.74. The summed E-state index contributed by atoms with van der Waals surface area (Å²) in [4.78, 5) is 20.3. The fraction of sp³-hybridized carbons (Fsp3) is 0.882. The molecule has 0 aromatic carbocycles. The molecule has 138 valence electrons. The summed E-state index contributed by atoms with van der Waals surface area (Å²) >= 11 is 0. The van der Waals surface area contributed by atoms with E-state index in [4.69, 9.17) is 10.5 Å². The smallest absolute Gasteiger partial charge is 0.217 e. The lowest BCUT2D eigenvalue weighted by molar-refractivity contribution is -0.119. The van der Waals surface area contributed by atoms with Gasteiger partial charge in [0.05, 0.1) is 13.2 Å². The zero-order chi connectivity index (χ0) is 17.5. The summed E-state index contributed by atoms with van der Waals surface area (Å²) < 4.78 is 5.52. The van der Waals surface area contributed by atoms with E-state index in [1.807, 2.05) is 7.05 Å². The maximum Gasteiger partial charge on any atom is 0.217 e. The van der Waals surface area contributed by atoms with E-state index in [2.05, 4.69) is 34.0 Å². The number of nitrogens with two attached hydrogens (primary N) is 1. The van der Waals surface area contributed by atoms with Crippen molar-refractivity contribution >= 4 is 11.9 Å². The second kappa shape index (κ2) is 9.22. The third-order valence-corrected chi connectivity index (χ3v) is 5.06. The minimum absolute atomic E-state index is 0.209. The Hall–Kier alpha value is -1.34. The van der Waals surface area contributed by atoms with Crippen LogP contribution in [-0.2, 0) is 9.53 Å². The summed E-state index contributed by atoms with van der Waals surface area (Å²) in [6, 6.07) is 0.874. The van der Waals surface area contributed by atoms with Crippen molar-refractivity contribution in [3.63, 3.8) is 0 Å². The average molecular weight is 339 g/mol. The minimum Gasteiger partial charge on any atom is -0.379 e. The molecule has 3 N–H and O–H groups in total. The van der Waals surface area contributed by atoms with Crippen molar-refractivity contribution in [3.05, 3.63) is 0 Å². The van der Waals surface area contributed by atoms with Gasteiger partial charge < -0.3 is 20.7 Å². The Balaban J connectivity index is 1.84. The highest BCUT2D eigenvalue weighted by Gasteiger charge is 2.26. The number of carbonyl (C=O) groups excluding carboxylic acids is 1. The number of carbonyl (C=O) groups is 1. The third-order valence-electron chi connectivity index (χ3n) is 5.06. The number of hydrogen-bond donors (Lipinski definition) is 2. The molecule has 24 heavy (non-hydrogen) atoms. The first-order chi connectivity index (χ1) is 11.5. The van der Waals surface area contributed by atoms with Crippen LogP contribution in [0.5, 0.6) is 0 Å². The van der Waals surface area contributed by atoms with Crippen LogP contribution in [0.15, 0.2) is 4.99 Å². The van der Waals surface area contributed by atoms with E-state index in [0.29, 0.717) is 24.4 Å². The number of amides is 1. The van der Waals surface area contributed by atoms with Crippen molar-refractivity contribution in [2.75, 3.05) is 46.4 Å². The molecule has 2 saturated heterocycles. The summed E-state index contributed by atoms with van der Waals surface area (Å²) in [6.07, 6.45) is 2.61. The summed E-state index contributed by atoms with van der Waals surface area (Å²) in [7, 11) is 1.82. The predicted octanol–water partition coefficient (Wildman–Crippen LogP) is 0.258. The number of primary amides is 1.